The summed E-state index contributed by atoms with van der Waals surface area (Å²) in [5.74, 6) is 0.785. The van der Waals surface area contributed by atoms with Gasteiger partial charge in [-0.1, -0.05) is 6.92 Å². The Morgan fingerprint density at radius 1 is 1.48 bits per heavy atom. The Bertz CT molecular complexity index is 597. The lowest BCUT2D eigenvalue weighted by Gasteiger charge is -2.16. The van der Waals surface area contributed by atoms with Gasteiger partial charge in [0, 0.05) is 34.5 Å². The van der Waals surface area contributed by atoms with E-state index in [-0.39, 0.29) is 5.91 Å². The van der Waals surface area contributed by atoms with Crippen molar-refractivity contribution >= 4 is 39.0 Å². The minimum atomic E-state index is -0.0194. The molecule has 6 heteroatoms. The van der Waals surface area contributed by atoms with Gasteiger partial charge in [0.05, 0.1) is 12.1 Å². The molecule has 0 bridgehead atoms. The summed E-state index contributed by atoms with van der Waals surface area (Å²) in [7, 11) is 1.80. The lowest BCUT2D eigenvalue weighted by Crippen LogP contribution is -2.25. The lowest BCUT2D eigenvalue weighted by molar-refractivity contribution is 0.0786. The highest BCUT2D eigenvalue weighted by Gasteiger charge is 2.13. The molecule has 21 heavy (non-hydrogen) atoms. The zero-order valence-electron chi connectivity index (χ0n) is 12.1. The van der Waals surface area contributed by atoms with Gasteiger partial charge in [0.2, 0.25) is 0 Å². The van der Waals surface area contributed by atoms with Crippen molar-refractivity contribution in [3.63, 3.8) is 0 Å². The van der Waals surface area contributed by atoms with Gasteiger partial charge < -0.3 is 10.2 Å². The maximum absolute atomic E-state index is 12.3. The van der Waals surface area contributed by atoms with E-state index in [9.17, 15) is 4.79 Å². The van der Waals surface area contributed by atoms with Crippen LogP contribution in [0.15, 0.2) is 34.2 Å². The van der Waals surface area contributed by atoms with Crippen LogP contribution in [0.1, 0.15) is 28.6 Å². The van der Waals surface area contributed by atoms with E-state index in [2.05, 4.69) is 33.2 Å². The van der Waals surface area contributed by atoms with Gasteiger partial charge in [0.1, 0.15) is 5.82 Å². The van der Waals surface area contributed by atoms with Crippen molar-refractivity contribution < 1.29 is 4.79 Å². The number of rotatable bonds is 6. The monoisotopic (exact) mass is 367 g/mol. The molecule has 2 aromatic heterocycles. The smallest absolute Gasteiger partial charge is 0.255 e. The Kier molecular flexibility index (Phi) is 5.76. The lowest BCUT2D eigenvalue weighted by atomic mass is 10.2. The summed E-state index contributed by atoms with van der Waals surface area (Å²) in [5.41, 5.74) is 0.607. The summed E-state index contributed by atoms with van der Waals surface area (Å²) >= 11 is 5.06. The largest absolute Gasteiger partial charge is 0.370 e. The predicted octanol–water partition coefficient (Wildman–Crippen LogP) is 4.00. The van der Waals surface area contributed by atoms with Crippen LogP contribution >= 0.6 is 27.3 Å². The van der Waals surface area contributed by atoms with Crippen molar-refractivity contribution in [2.75, 3.05) is 18.9 Å². The zero-order chi connectivity index (χ0) is 15.2. The Morgan fingerprint density at radius 3 is 2.86 bits per heavy atom. The summed E-state index contributed by atoms with van der Waals surface area (Å²) in [6.07, 6.45) is 2.67. The summed E-state index contributed by atoms with van der Waals surface area (Å²) in [6.45, 7) is 3.58. The molecule has 2 heterocycles. The van der Waals surface area contributed by atoms with Crippen LogP contribution in [0, 0.1) is 0 Å². The maximum Gasteiger partial charge on any atom is 0.255 e. The number of pyridine rings is 1. The Labute approximate surface area is 137 Å². The molecule has 0 aromatic carbocycles. The van der Waals surface area contributed by atoms with E-state index in [0.29, 0.717) is 12.1 Å². The van der Waals surface area contributed by atoms with Crippen LogP contribution in [0.25, 0.3) is 0 Å². The average molecular weight is 368 g/mol. The van der Waals surface area contributed by atoms with Crippen molar-refractivity contribution in [1.82, 2.24) is 9.88 Å². The van der Waals surface area contributed by atoms with Crippen LogP contribution in [0.5, 0.6) is 0 Å². The van der Waals surface area contributed by atoms with Crippen LogP contribution < -0.4 is 5.32 Å². The molecule has 0 aliphatic carbocycles. The zero-order valence-corrected chi connectivity index (χ0v) is 14.5. The van der Waals surface area contributed by atoms with Crippen LogP contribution in [-0.2, 0) is 6.54 Å². The second-order valence-corrected chi connectivity index (χ2v) is 6.66. The number of nitrogens with zero attached hydrogens (tertiary/aromatic N) is 2. The van der Waals surface area contributed by atoms with Crippen LogP contribution in [-0.4, -0.2) is 29.4 Å². The molecule has 0 fully saturated rings. The molecule has 1 N–H and O–H groups in total. The fourth-order valence-corrected chi connectivity index (χ4v) is 3.34. The number of anilines is 1. The summed E-state index contributed by atoms with van der Waals surface area (Å²) < 4.78 is 1.05. The molecule has 0 saturated carbocycles. The normalized spacial score (nSPS) is 10.4. The molecule has 0 aliphatic rings. The molecule has 0 saturated heterocycles. The molecule has 0 aliphatic heterocycles. The van der Waals surface area contributed by atoms with E-state index < -0.39 is 0 Å². The average Bonchev–Trinajstić information content (AvgIpc) is 2.90. The first-order chi connectivity index (χ1) is 10.1. The molecular weight excluding hydrogens is 350 g/mol. The van der Waals surface area contributed by atoms with E-state index in [4.69, 9.17) is 0 Å². The summed E-state index contributed by atoms with van der Waals surface area (Å²) in [4.78, 5) is 19.5. The SMILES string of the molecule is CCCNc1ccc(C(=O)N(C)Cc2cc(Br)cs2)cn1. The van der Waals surface area contributed by atoms with Gasteiger partial charge >= 0.3 is 0 Å². The third-order valence-electron chi connectivity index (χ3n) is 2.93. The third-order valence-corrected chi connectivity index (χ3v) is 4.61. The number of amides is 1. The van der Waals surface area contributed by atoms with Gasteiger partial charge in [-0.15, -0.1) is 11.3 Å². The number of aromatic nitrogens is 1. The molecule has 0 unspecified atom stereocenters. The summed E-state index contributed by atoms with van der Waals surface area (Å²) in [6, 6.07) is 5.69. The van der Waals surface area contributed by atoms with E-state index >= 15 is 0 Å². The predicted molar refractivity (Wildman–Crippen MR) is 90.8 cm³/mol. The highest BCUT2D eigenvalue weighted by atomic mass is 79.9. The minimum Gasteiger partial charge on any atom is -0.370 e. The first-order valence-electron chi connectivity index (χ1n) is 6.78. The Balaban J connectivity index is 1.98. The molecule has 0 radical (unpaired) electrons. The molecular formula is C15H18BrN3OS. The second kappa shape index (κ2) is 7.56. The van der Waals surface area contributed by atoms with Crippen LogP contribution in [0.3, 0.4) is 0 Å². The standard InChI is InChI=1S/C15H18BrN3OS/c1-3-6-17-14-5-4-11(8-18-14)15(20)19(2)9-13-7-12(16)10-21-13/h4-5,7-8,10H,3,6,9H2,1-2H3,(H,17,18). The Morgan fingerprint density at radius 2 is 2.29 bits per heavy atom. The van der Waals surface area contributed by atoms with Gasteiger partial charge in [0.15, 0.2) is 0 Å². The van der Waals surface area contributed by atoms with E-state index in [0.717, 1.165) is 28.1 Å². The van der Waals surface area contributed by atoms with E-state index in [1.165, 1.54) is 0 Å². The van der Waals surface area contributed by atoms with Gasteiger partial charge in [-0.25, -0.2) is 4.98 Å². The van der Waals surface area contributed by atoms with Crippen molar-refractivity contribution in [2.45, 2.75) is 19.9 Å². The third kappa shape index (κ3) is 4.54. The number of hydrogen-bond donors (Lipinski definition) is 1. The first-order valence-corrected chi connectivity index (χ1v) is 8.45. The minimum absolute atomic E-state index is 0.0194. The fraction of sp³-hybridized carbons (Fsp3) is 0.333. The van der Waals surface area contributed by atoms with Gasteiger partial charge in [-0.05, 0) is 40.5 Å². The molecule has 0 spiro atoms. The molecule has 4 nitrogen and oxygen atoms in total. The molecule has 0 atom stereocenters. The van der Waals surface area contributed by atoms with E-state index in [1.54, 1.807) is 29.5 Å². The molecule has 1 amide bonds. The summed E-state index contributed by atoms with van der Waals surface area (Å²) in [5, 5.41) is 5.21. The molecule has 2 rings (SSSR count). The number of thiophene rings is 1. The number of carbonyl (C=O) groups excluding carboxylic acids is 1. The highest BCUT2D eigenvalue weighted by Crippen LogP contribution is 2.21. The van der Waals surface area contributed by atoms with Crippen molar-refractivity contribution in [3.05, 3.63) is 44.7 Å². The highest BCUT2D eigenvalue weighted by molar-refractivity contribution is 9.10. The van der Waals surface area contributed by atoms with Crippen molar-refractivity contribution in [1.29, 1.82) is 0 Å². The first kappa shape index (κ1) is 16.0. The quantitative estimate of drug-likeness (QED) is 0.838. The van der Waals surface area contributed by atoms with Crippen molar-refractivity contribution in [3.8, 4) is 0 Å². The Hall–Kier alpha value is -1.40. The van der Waals surface area contributed by atoms with Gasteiger partial charge in [-0.3, -0.25) is 4.79 Å². The van der Waals surface area contributed by atoms with E-state index in [1.807, 2.05) is 23.6 Å². The van der Waals surface area contributed by atoms with Gasteiger partial charge in [-0.2, -0.15) is 0 Å². The number of carbonyl (C=O) groups is 1. The van der Waals surface area contributed by atoms with Gasteiger partial charge in [0.25, 0.3) is 5.91 Å². The fourth-order valence-electron chi connectivity index (χ4n) is 1.84. The number of hydrogen-bond acceptors (Lipinski definition) is 4. The second-order valence-electron chi connectivity index (χ2n) is 4.75. The number of halogens is 1. The van der Waals surface area contributed by atoms with Crippen LogP contribution in [0.2, 0.25) is 0 Å². The van der Waals surface area contributed by atoms with Crippen molar-refractivity contribution in [2.24, 2.45) is 0 Å². The van der Waals surface area contributed by atoms with Crippen LogP contribution in [0.4, 0.5) is 5.82 Å². The molecule has 2 aromatic rings. The topological polar surface area (TPSA) is 45.2 Å². The molecule has 112 valence electrons. The maximum atomic E-state index is 12.3. The number of nitrogens with one attached hydrogen (secondary N) is 1.